The molecule has 7 rings (SSSR count). The molecule has 3 aliphatic carbocycles. The number of aliphatic hydroxyl groups excluding tert-OH is 1. The third kappa shape index (κ3) is 6.21. The van der Waals surface area contributed by atoms with E-state index >= 15 is 0 Å². The van der Waals surface area contributed by atoms with Crippen LogP contribution in [-0.2, 0) is 22.7 Å². The zero-order valence-electron chi connectivity index (χ0n) is 26.9. The average molecular weight is 609 g/mol. The summed E-state index contributed by atoms with van der Waals surface area (Å²) in [7, 11) is 0. The van der Waals surface area contributed by atoms with Crippen LogP contribution < -0.4 is 5.32 Å². The number of nitrogens with one attached hydrogen (secondary N) is 1. The van der Waals surface area contributed by atoms with E-state index in [1.807, 2.05) is 62.4 Å². The third-order valence-corrected chi connectivity index (χ3v) is 10.4. The molecule has 6 nitrogen and oxygen atoms in total. The number of hydrogen-bond acceptors (Lipinski definition) is 4. The molecule has 0 radical (unpaired) electrons. The van der Waals surface area contributed by atoms with Crippen molar-refractivity contribution >= 4 is 22.8 Å². The molecule has 4 aliphatic rings. The molecule has 2 heterocycles. The second-order valence-corrected chi connectivity index (χ2v) is 13.1. The summed E-state index contributed by atoms with van der Waals surface area (Å²) in [6.45, 7) is 5.10. The minimum Gasteiger partial charge on any atom is -0.508 e. The van der Waals surface area contributed by atoms with Crippen LogP contribution in [0.5, 0.6) is 0 Å². The quantitative estimate of drug-likeness (QED) is 0.274. The van der Waals surface area contributed by atoms with E-state index in [0.29, 0.717) is 30.1 Å². The Balaban J connectivity index is 0.00000175. The highest BCUT2D eigenvalue weighted by Gasteiger charge is 2.44. The van der Waals surface area contributed by atoms with Crippen LogP contribution in [0.1, 0.15) is 123 Å². The monoisotopic (exact) mass is 608 g/mol. The van der Waals surface area contributed by atoms with Crippen molar-refractivity contribution in [3.8, 4) is 0 Å². The molecule has 1 aliphatic heterocycles. The van der Waals surface area contributed by atoms with Gasteiger partial charge in [-0.3, -0.25) is 4.79 Å². The molecule has 2 fully saturated rings. The molecule has 238 valence electrons. The van der Waals surface area contributed by atoms with Gasteiger partial charge in [-0.2, -0.15) is 0 Å². The summed E-state index contributed by atoms with van der Waals surface area (Å²) >= 11 is 0. The van der Waals surface area contributed by atoms with Gasteiger partial charge in [0.05, 0.1) is 0 Å². The normalized spacial score (nSPS) is 22.3. The summed E-state index contributed by atoms with van der Waals surface area (Å²) in [6.07, 6.45) is 17.3. The number of hydrogen-bond donors (Lipinski definition) is 2. The zero-order valence-corrected chi connectivity index (χ0v) is 26.9. The average Bonchev–Trinajstić information content (AvgIpc) is 3.63. The van der Waals surface area contributed by atoms with Crippen LogP contribution in [0.15, 0.2) is 72.5 Å². The highest BCUT2D eigenvalue weighted by Crippen LogP contribution is 2.48. The van der Waals surface area contributed by atoms with Gasteiger partial charge < -0.3 is 19.7 Å². The maximum atomic E-state index is 13.9. The molecule has 2 saturated carbocycles. The standard InChI is InChI=1S/C37H42N2O4.C2H6/c40-29-16-18-30-27(22-29)14-9-21-39-32-23-28(15-17-31(32)33(34(30)39)26-12-5-2-6-13-26)35(41)38-37(19-7-8-20-37)36(42)43-24-25-10-3-1-4-11-25;1-2/h1,3-4,10-11,15-18,22-23,26-27,30,40H,2,5-9,12-14,19-21,24H2,(H,38,41);1-2H3. The van der Waals surface area contributed by atoms with E-state index < -0.39 is 5.54 Å². The lowest BCUT2D eigenvalue weighted by molar-refractivity contribution is -0.152. The van der Waals surface area contributed by atoms with Crippen LogP contribution in [-0.4, -0.2) is 27.1 Å². The van der Waals surface area contributed by atoms with Crippen molar-refractivity contribution < 1.29 is 19.4 Å². The zero-order chi connectivity index (χ0) is 31.4. The van der Waals surface area contributed by atoms with E-state index in [2.05, 4.69) is 28.1 Å². The second-order valence-electron chi connectivity index (χ2n) is 13.1. The molecule has 2 aromatic carbocycles. The Kier molecular flexibility index (Phi) is 9.48. The first-order valence-corrected chi connectivity index (χ1v) is 17.3. The van der Waals surface area contributed by atoms with Gasteiger partial charge >= 0.3 is 5.97 Å². The number of rotatable bonds is 6. The van der Waals surface area contributed by atoms with Crippen LogP contribution in [0, 0.1) is 5.92 Å². The van der Waals surface area contributed by atoms with Gasteiger partial charge in [0, 0.05) is 34.6 Å². The van der Waals surface area contributed by atoms with Crippen molar-refractivity contribution in [3.63, 3.8) is 0 Å². The van der Waals surface area contributed by atoms with E-state index in [-0.39, 0.29) is 30.3 Å². The summed E-state index contributed by atoms with van der Waals surface area (Å²) < 4.78 is 8.23. The second kappa shape index (κ2) is 13.7. The topological polar surface area (TPSA) is 80.6 Å². The van der Waals surface area contributed by atoms with E-state index in [1.165, 1.54) is 48.7 Å². The number of carbonyl (C=O) groups excluding carboxylic acids is 2. The van der Waals surface area contributed by atoms with E-state index in [0.717, 1.165) is 43.3 Å². The summed E-state index contributed by atoms with van der Waals surface area (Å²) in [5.74, 6) is 0.830. The molecule has 0 saturated heterocycles. The molecule has 2 N–H and O–H groups in total. The molecule has 3 aromatic rings. The number of nitrogens with zero attached hydrogens (tertiary/aromatic N) is 1. The van der Waals surface area contributed by atoms with Gasteiger partial charge in [-0.25, -0.2) is 4.79 Å². The minimum atomic E-state index is -0.987. The number of carbonyl (C=O) groups is 2. The number of allylic oxidation sites excluding steroid dienone is 3. The Morgan fingerprint density at radius 1 is 0.956 bits per heavy atom. The molecule has 0 bridgehead atoms. The molecule has 1 amide bonds. The number of aryl methyl sites for hydroxylation is 1. The molecular formula is C39H48N2O4. The van der Waals surface area contributed by atoms with Crippen molar-refractivity contribution in [2.24, 2.45) is 5.92 Å². The summed E-state index contributed by atoms with van der Waals surface area (Å²) in [4.78, 5) is 27.3. The molecule has 2 atom stereocenters. The lowest BCUT2D eigenvalue weighted by atomic mass is 9.77. The number of ether oxygens (including phenoxy) is 1. The molecule has 0 spiro atoms. The fourth-order valence-electron chi connectivity index (χ4n) is 8.23. The van der Waals surface area contributed by atoms with Crippen LogP contribution in [0.2, 0.25) is 0 Å². The fourth-order valence-corrected chi connectivity index (χ4v) is 8.23. The minimum absolute atomic E-state index is 0.201. The third-order valence-electron chi connectivity index (χ3n) is 10.4. The van der Waals surface area contributed by atoms with Gasteiger partial charge in [0.1, 0.15) is 17.9 Å². The van der Waals surface area contributed by atoms with Crippen molar-refractivity contribution in [2.75, 3.05) is 0 Å². The maximum absolute atomic E-state index is 13.9. The number of fused-ring (bicyclic) bond motifs is 5. The van der Waals surface area contributed by atoms with Gasteiger partial charge in [0.15, 0.2) is 0 Å². The summed E-state index contributed by atoms with van der Waals surface area (Å²) in [5.41, 5.74) is 4.47. The fraction of sp³-hybridized carbons (Fsp3) is 0.487. The predicted octanol–water partition coefficient (Wildman–Crippen LogP) is 9.01. The first kappa shape index (κ1) is 31.2. The molecule has 6 heteroatoms. The highest BCUT2D eigenvalue weighted by atomic mass is 16.5. The van der Waals surface area contributed by atoms with Gasteiger partial charge in [-0.15, -0.1) is 0 Å². The first-order valence-electron chi connectivity index (χ1n) is 17.3. The van der Waals surface area contributed by atoms with Crippen LogP contribution >= 0.6 is 0 Å². The number of esters is 1. The maximum Gasteiger partial charge on any atom is 0.332 e. The Hall–Kier alpha value is -3.80. The summed E-state index contributed by atoms with van der Waals surface area (Å²) in [6, 6.07) is 15.8. The van der Waals surface area contributed by atoms with Gasteiger partial charge in [-0.05, 0) is 85.8 Å². The van der Waals surface area contributed by atoms with Gasteiger partial charge in [0.2, 0.25) is 0 Å². The van der Waals surface area contributed by atoms with E-state index in [1.54, 1.807) is 0 Å². The predicted molar refractivity (Wildman–Crippen MR) is 179 cm³/mol. The Morgan fingerprint density at radius 3 is 2.47 bits per heavy atom. The van der Waals surface area contributed by atoms with Crippen LogP contribution in [0.4, 0.5) is 0 Å². The smallest absolute Gasteiger partial charge is 0.332 e. The van der Waals surface area contributed by atoms with Crippen LogP contribution in [0.25, 0.3) is 10.9 Å². The highest BCUT2D eigenvalue weighted by molar-refractivity contribution is 6.01. The van der Waals surface area contributed by atoms with Gasteiger partial charge in [0.25, 0.3) is 5.91 Å². The Morgan fingerprint density at radius 2 is 1.71 bits per heavy atom. The molecule has 1 aromatic heterocycles. The Bertz CT molecular complexity index is 1570. The van der Waals surface area contributed by atoms with Crippen molar-refractivity contribution in [1.29, 1.82) is 0 Å². The SMILES string of the molecule is CC.O=C(NC1(C(=O)OCc2ccccc2)CCCC1)c1ccc2c(C3CCCCC3)c3n(c2c1)CCCC1C=C(O)C=CC31. The number of benzene rings is 2. The van der Waals surface area contributed by atoms with Crippen molar-refractivity contribution in [3.05, 3.63) is 94.9 Å². The number of aromatic nitrogens is 1. The lowest BCUT2D eigenvalue weighted by Gasteiger charge is -2.28. The van der Waals surface area contributed by atoms with E-state index in [9.17, 15) is 14.7 Å². The lowest BCUT2D eigenvalue weighted by Crippen LogP contribution is -2.53. The molecule has 2 unspecified atom stereocenters. The Labute approximate surface area is 267 Å². The molecular weight excluding hydrogens is 560 g/mol. The summed E-state index contributed by atoms with van der Waals surface area (Å²) in [5, 5.41) is 14.7. The van der Waals surface area contributed by atoms with Crippen molar-refractivity contribution in [1.82, 2.24) is 9.88 Å². The first-order chi connectivity index (χ1) is 22.0. The molecule has 45 heavy (non-hydrogen) atoms. The van der Waals surface area contributed by atoms with Crippen LogP contribution in [0.3, 0.4) is 0 Å². The number of aliphatic hydroxyl groups is 1. The number of amides is 1. The van der Waals surface area contributed by atoms with Crippen molar-refractivity contribution in [2.45, 2.75) is 115 Å². The van der Waals surface area contributed by atoms with Gasteiger partial charge in [-0.1, -0.05) is 88.4 Å². The van der Waals surface area contributed by atoms with E-state index in [4.69, 9.17) is 4.74 Å². The largest absolute Gasteiger partial charge is 0.508 e.